The maximum absolute atomic E-state index is 11.7. The number of carbonyl (C=O) groups is 2. The Bertz CT molecular complexity index is 592. The van der Waals surface area contributed by atoms with Crippen LogP contribution in [0.3, 0.4) is 0 Å². The molecule has 2 amide bonds. The van der Waals surface area contributed by atoms with Crippen molar-refractivity contribution in [2.24, 2.45) is 5.92 Å². The molecule has 2 atom stereocenters. The molecule has 0 radical (unpaired) electrons. The molecule has 2 heterocycles. The molecular weight excluding hydrogens is 298 g/mol. The van der Waals surface area contributed by atoms with Gasteiger partial charge in [0, 0.05) is 31.2 Å². The quantitative estimate of drug-likeness (QED) is 0.768. The molecule has 6 nitrogen and oxygen atoms in total. The molecule has 1 saturated heterocycles. The minimum atomic E-state index is -0.260. The molecule has 2 unspecified atom stereocenters. The number of hydrogen-bond acceptors (Lipinski definition) is 5. The number of ether oxygens (including phenoxy) is 3. The highest BCUT2D eigenvalue weighted by atomic mass is 16.5. The van der Waals surface area contributed by atoms with Crippen molar-refractivity contribution in [1.82, 2.24) is 4.90 Å². The maximum Gasteiger partial charge on any atom is 0.253 e. The van der Waals surface area contributed by atoms with Crippen molar-refractivity contribution in [2.45, 2.75) is 12.5 Å². The second-order valence-corrected chi connectivity index (χ2v) is 5.58. The molecule has 0 saturated carbocycles. The molecule has 1 aromatic rings. The van der Waals surface area contributed by atoms with Gasteiger partial charge in [-0.1, -0.05) is 0 Å². The monoisotopic (exact) mass is 317 g/mol. The van der Waals surface area contributed by atoms with E-state index in [4.69, 9.17) is 14.2 Å². The van der Waals surface area contributed by atoms with Crippen molar-refractivity contribution in [2.75, 3.05) is 26.9 Å². The van der Waals surface area contributed by atoms with Crippen LogP contribution in [0.2, 0.25) is 0 Å². The predicted octanol–water partition coefficient (Wildman–Crippen LogP) is 1.40. The largest absolute Gasteiger partial charge is 0.497 e. The Hall–Kier alpha value is -2.34. The van der Waals surface area contributed by atoms with Gasteiger partial charge in [0.25, 0.3) is 11.8 Å². The van der Waals surface area contributed by atoms with Gasteiger partial charge in [0.2, 0.25) is 0 Å². The normalized spacial score (nSPS) is 24.1. The average molecular weight is 317 g/mol. The zero-order chi connectivity index (χ0) is 16.2. The third-order valence-electron chi connectivity index (χ3n) is 4.11. The molecular formula is C17H19NO5. The third-order valence-corrected chi connectivity index (χ3v) is 4.11. The van der Waals surface area contributed by atoms with Crippen LogP contribution in [0.5, 0.6) is 11.5 Å². The van der Waals surface area contributed by atoms with Crippen LogP contribution >= 0.6 is 0 Å². The second kappa shape index (κ2) is 6.83. The number of amides is 2. The average Bonchev–Trinajstić information content (AvgIpc) is 2.89. The Morgan fingerprint density at radius 1 is 1.13 bits per heavy atom. The van der Waals surface area contributed by atoms with Gasteiger partial charge in [-0.25, -0.2) is 0 Å². The lowest BCUT2D eigenvalue weighted by atomic mass is 9.96. The van der Waals surface area contributed by atoms with Crippen LogP contribution in [0, 0.1) is 5.92 Å². The van der Waals surface area contributed by atoms with Crippen LogP contribution in [0.4, 0.5) is 0 Å². The van der Waals surface area contributed by atoms with E-state index in [1.165, 1.54) is 17.1 Å². The van der Waals surface area contributed by atoms with E-state index in [2.05, 4.69) is 0 Å². The number of carbonyl (C=O) groups excluding carboxylic acids is 2. The molecule has 122 valence electrons. The minimum absolute atomic E-state index is 0.0543. The summed E-state index contributed by atoms with van der Waals surface area (Å²) in [6, 6.07) is 7.31. The van der Waals surface area contributed by atoms with Crippen molar-refractivity contribution >= 4 is 11.8 Å². The van der Waals surface area contributed by atoms with Crippen LogP contribution in [-0.4, -0.2) is 49.7 Å². The molecule has 1 fully saturated rings. The highest BCUT2D eigenvalue weighted by Crippen LogP contribution is 2.25. The number of benzene rings is 1. The Balaban J connectivity index is 1.66. The minimum Gasteiger partial charge on any atom is -0.497 e. The van der Waals surface area contributed by atoms with Gasteiger partial charge in [0.1, 0.15) is 17.6 Å². The first-order valence-electron chi connectivity index (χ1n) is 7.59. The van der Waals surface area contributed by atoms with E-state index >= 15 is 0 Å². The summed E-state index contributed by atoms with van der Waals surface area (Å²) >= 11 is 0. The van der Waals surface area contributed by atoms with Crippen molar-refractivity contribution in [1.29, 1.82) is 0 Å². The summed E-state index contributed by atoms with van der Waals surface area (Å²) in [6.45, 7) is 1.41. The Labute approximate surface area is 134 Å². The topological polar surface area (TPSA) is 65.1 Å². The van der Waals surface area contributed by atoms with E-state index in [-0.39, 0.29) is 23.8 Å². The Morgan fingerprint density at radius 2 is 1.78 bits per heavy atom. The van der Waals surface area contributed by atoms with Crippen LogP contribution in [-0.2, 0) is 14.3 Å². The standard InChI is InChI=1S/C17H19NO5/c1-21-13-2-4-14(5-3-13)23-15-11-22-9-8-12(15)10-18-16(19)6-7-17(18)20/h2-7,12,15H,8-11H2,1H3. The number of imide groups is 1. The fourth-order valence-electron chi connectivity index (χ4n) is 2.77. The van der Waals surface area contributed by atoms with E-state index < -0.39 is 0 Å². The third kappa shape index (κ3) is 3.53. The molecule has 6 heteroatoms. The van der Waals surface area contributed by atoms with Crippen LogP contribution in [0.15, 0.2) is 36.4 Å². The van der Waals surface area contributed by atoms with Gasteiger partial charge < -0.3 is 14.2 Å². The SMILES string of the molecule is COc1ccc(OC2COCCC2CN2C(=O)C=CC2=O)cc1. The summed E-state index contributed by atoms with van der Waals surface area (Å²) in [6.07, 6.45) is 3.17. The number of methoxy groups -OCH3 is 1. The van der Waals surface area contributed by atoms with E-state index in [1.807, 2.05) is 24.3 Å². The van der Waals surface area contributed by atoms with Crippen molar-refractivity contribution in [3.63, 3.8) is 0 Å². The van der Waals surface area contributed by atoms with Crippen molar-refractivity contribution < 1.29 is 23.8 Å². The molecule has 0 spiro atoms. The first-order chi connectivity index (χ1) is 11.2. The van der Waals surface area contributed by atoms with E-state index in [0.717, 1.165) is 12.2 Å². The zero-order valence-corrected chi connectivity index (χ0v) is 12.9. The molecule has 0 aliphatic carbocycles. The summed E-state index contributed by atoms with van der Waals surface area (Å²) in [7, 11) is 1.61. The molecule has 0 bridgehead atoms. The molecule has 2 aliphatic heterocycles. The Morgan fingerprint density at radius 3 is 2.43 bits per heavy atom. The van der Waals surface area contributed by atoms with Gasteiger partial charge in [0.15, 0.2) is 0 Å². The smallest absolute Gasteiger partial charge is 0.253 e. The van der Waals surface area contributed by atoms with Crippen LogP contribution < -0.4 is 9.47 Å². The van der Waals surface area contributed by atoms with Crippen LogP contribution in [0.1, 0.15) is 6.42 Å². The number of rotatable bonds is 5. The van der Waals surface area contributed by atoms with Crippen molar-refractivity contribution in [3.05, 3.63) is 36.4 Å². The van der Waals surface area contributed by atoms with E-state index in [0.29, 0.717) is 25.5 Å². The highest BCUT2D eigenvalue weighted by molar-refractivity contribution is 6.12. The lowest BCUT2D eigenvalue weighted by molar-refractivity contribution is -0.139. The molecule has 23 heavy (non-hydrogen) atoms. The lowest BCUT2D eigenvalue weighted by Gasteiger charge is -2.33. The van der Waals surface area contributed by atoms with Crippen molar-refractivity contribution in [3.8, 4) is 11.5 Å². The number of nitrogens with zero attached hydrogens (tertiary/aromatic N) is 1. The molecule has 3 rings (SSSR count). The zero-order valence-electron chi connectivity index (χ0n) is 12.9. The summed E-state index contributed by atoms with van der Waals surface area (Å²) in [5.41, 5.74) is 0. The van der Waals surface area contributed by atoms with Gasteiger partial charge in [0.05, 0.1) is 13.7 Å². The van der Waals surface area contributed by atoms with E-state index in [1.54, 1.807) is 7.11 Å². The molecule has 0 aromatic heterocycles. The first kappa shape index (κ1) is 15.6. The lowest BCUT2D eigenvalue weighted by Crippen LogP contribution is -2.45. The summed E-state index contributed by atoms with van der Waals surface area (Å²) < 4.78 is 16.6. The Kier molecular flexibility index (Phi) is 4.62. The summed E-state index contributed by atoms with van der Waals surface area (Å²) in [5.74, 6) is 1.00. The van der Waals surface area contributed by atoms with Gasteiger partial charge in [-0.2, -0.15) is 0 Å². The molecule has 0 N–H and O–H groups in total. The van der Waals surface area contributed by atoms with Gasteiger partial charge in [-0.3, -0.25) is 14.5 Å². The second-order valence-electron chi connectivity index (χ2n) is 5.58. The summed E-state index contributed by atoms with van der Waals surface area (Å²) in [5, 5.41) is 0. The highest BCUT2D eigenvalue weighted by Gasteiger charge is 2.33. The van der Waals surface area contributed by atoms with Gasteiger partial charge in [-0.05, 0) is 30.7 Å². The predicted molar refractivity (Wildman–Crippen MR) is 82.2 cm³/mol. The molecule has 2 aliphatic rings. The fourth-order valence-corrected chi connectivity index (χ4v) is 2.77. The maximum atomic E-state index is 11.7. The first-order valence-corrected chi connectivity index (χ1v) is 7.59. The fraction of sp³-hybridized carbons (Fsp3) is 0.412. The van der Waals surface area contributed by atoms with Gasteiger partial charge in [-0.15, -0.1) is 0 Å². The summed E-state index contributed by atoms with van der Waals surface area (Å²) in [4.78, 5) is 24.7. The molecule has 1 aromatic carbocycles. The van der Waals surface area contributed by atoms with Gasteiger partial charge >= 0.3 is 0 Å². The number of hydrogen-bond donors (Lipinski definition) is 0. The van der Waals surface area contributed by atoms with Crippen LogP contribution in [0.25, 0.3) is 0 Å². The van der Waals surface area contributed by atoms with E-state index in [9.17, 15) is 9.59 Å².